The number of benzene rings is 1. The number of halogens is 1. The Bertz CT molecular complexity index is 263. The van der Waals surface area contributed by atoms with Gasteiger partial charge in [0.25, 0.3) is 0 Å². The van der Waals surface area contributed by atoms with Crippen LogP contribution in [0.25, 0.3) is 0 Å². The highest BCUT2D eigenvalue weighted by molar-refractivity contribution is 9.10. The van der Waals surface area contributed by atoms with Crippen molar-refractivity contribution in [1.29, 1.82) is 0 Å². The minimum absolute atomic E-state index is 0.247. The van der Waals surface area contributed by atoms with Crippen LogP contribution in [0.5, 0.6) is 0 Å². The minimum Gasteiger partial charge on any atom is -0.389 e. The SMILES string of the molecule is OC(CS)C(O)c1ccc(Br)cc1. The summed E-state index contributed by atoms with van der Waals surface area (Å²) in [6, 6.07) is 7.18. The third kappa shape index (κ3) is 2.98. The number of aliphatic hydroxyl groups excluding tert-OH is 2. The van der Waals surface area contributed by atoms with Crippen molar-refractivity contribution >= 4 is 28.6 Å². The highest BCUT2D eigenvalue weighted by Gasteiger charge is 2.15. The maximum Gasteiger partial charge on any atom is 0.106 e. The van der Waals surface area contributed by atoms with Crippen molar-refractivity contribution in [3.63, 3.8) is 0 Å². The van der Waals surface area contributed by atoms with Crippen LogP contribution in [0.15, 0.2) is 28.7 Å². The summed E-state index contributed by atoms with van der Waals surface area (Å²) < 4.78 is 0.948. The normalized spacial score (nSPS) is 15.4. The van der Waals surface area contributed by atoms with E-state index in [2.05, 4.69) is 28.6 Å². The molecule has 1 rings (SSSR count). The maximum absolute atomic E-state index is 9.57. The lowest BCUT2D eigenvalue weighted by molar-refractivity contribution is 0.0337. The molecule has 0 heterocycles. The van der Waals surface area contributed by atoms with Gasteiger partial charge >= 0.3 is 0 Å². The number of rotatable bonds is 3. The summed E-state index contributed by atoms with van der Waals surface area (Å²) >= 11 is 7.20. The van der Waals surface area contributed by atoms with E-state index in [4.69, 9.17) is 0 Å². The first-order chi connectivity index (χ1) is 6.15. The largest absolute Gasteiger partial charge is 0.389 e. The molecule has 2 nitrogen and oxygen atoms in total. The summed E-state index contributed by atoms with van der Waals surface area (Å²) in [5.74, 6) is 0.247. The van der Waals surface area contributed by atoms with E-state index in [0.717, 1.165) is 4.47 Å². The molecule has 0 fully saturated rings. The standard InChI is InChI=1S/C9H11BrO2S/c10-7-3-1-6(2-4-7)9(12)8(11)5-13/h1-4,8-9,11-13H,5H2. The average molecular weight is 263 g/mol. The van der Waals surface area contributed by atoms with E-state index in [9.17, 15) is 10.2 Å². The monoisotopic (exact) mass is 262 g/mol. The molecule has 0 aliphatic rings. The molecule has 0 radical (unpaired) electrons. The summed E-state index contributed by atoms with van der Waals surface area (Å²) in [7, 11) is 0. The number of thiol groups is 1. The predicted octanol–water partition coefficient (Wildman–Crippen LogP) is 1.77. The molecule has 0 aromatic heterocycles. The molecule has 13 heavy (non-hydrogen) atoms. The summed E-state index contributed by atoms with van der Waals surface area (Å²) in [6.07, 6.45) is -1.67. The zero-order chi connectivity index (χ0) is 9.84. The molecule has 0 saturated heterocycles. The van der Waals surface area contributed by atoms with Gasteiger partial charge in [-0.3, -0.25) is 0 Å². The summed E-state index contributed by atoms with van der Waals surface area (Å²) in [6.45, 7) is 0. The summed E-state index contributed by atoms with van der Waals surface area (Å²) in [5, 5.41) is 18.9. The molecule has 0 aliphatic carbocycles. The van der Waals surface area contributed by atoms with E-state index in [-0.39, 0.29) is 5.75 Å². The fourth-order valence-electron chi connectivity index (χ4n) is 0.982. The van der Waals surface area contributed by atoms with Gasteiger partial charge in [-0.1, -0.05) is 28.1 Å². The van der Waals surface area contributed by atoms with E-state index >= 15 is 0 Å². The first kappa shape index (κ1) is 11.0. The van der Waals surface area contributed by atoms with Crippen molar-refractivity contribution in [2.45, 2.75) is 12.2 Å². The lowest BCUT2D eigenvalue weighted by Crippen LogP contribution is -2.19. The molecule has 2 unspecified atom stereocenters. The Kier molecular flexibility index (Phi) is 4.25. The van der Waals surface area contributed by atoms with E-state index in [0.29, 0.717) is 5.56 Å². The maximum atomic E-state index is 9.57. The van der Waals surface area contributed by atoms with Gasteiger partial charge < -0.3 is 10.2 Å². The van der Waals surface area contributed by atoms with Gasteiger partial charge in [0.15, 0.2) is 0 Å². The second kappa shape index (κ2) is 5.00. The molecule has 4 heteroatoms. The number of hydrogen-bond donors (Lipinski definition) is 3. The van der Waals surface area contributed by atoms with Crippen LogP contribution in [0.2, 0.25) is 0 Å². The van der Waals surface area contributed by atoms with Gasteiger partial charge in [-0.25, -0.2) is 0 Å². The molecule has 0 aliphatic heterocycles. The Balaban J connectivity index is 2.77. The van der Waals surface area contributed by atoms with Crippen molar-refractivity contribution in [1.82, 2.24) is 0 Å². The molecule has 0 spiro atoms. The highest BCUT2D eigenvalue weighted by atomic mass is 79.9. The predicted molar refractivity (Wildman–Crippen MR) is 59.0 cm³/mol. The van der Waals surface area contributed by atoms with Crippen LogP contribution in [0.1, 0.15) is 11.7 Å². The van der Waals surface area contributed by atoms with E-state index < -0.39 is 12.2 Å². The van der Waals surface area contributed by atoms with E-state index in [1.165, 1.54) is 0 Å². The molecule has 0 saturated carbocycles. The van der Waals surface area contributed by atoms with Gasteiger partial charge in [-0.2, -0.15) is 12.6 Å². The van der Waals surface area contributed by atoms with Gasteiger partial charge in [0.05, 0.1) is 6.10 Å². The fraction of sp³-hybridized carbons (Fsp3) is 0.333. The van der Waals surface area contributed by atoms with Crippen LogP contribution in [0, 0.1) is 0 Å². The van der Waals surface area contributed by atoms with Crippen molar-refractivity contribution in [3.8, 4) is 0 Å². The van der Waals surface area contributed by atoms with Crippen LogP contribution in [-0.4, -0.2) is 22.1 Å². The van der Waals surface area contributed by atoms with Crippen molar-refractivity contribution < 1.29 is 10.2 Å². The molecular weight excluding hydrogens is 252 g/mol. The Morgan fingerprint density at radius 1 is 1.23 bits per heavy atom. The third-order valence-electron chi connectivity index (χ3n) is 1.76. The molecule has 72 valence electrons. The molecule has 2 atom stereocenters. The Morgan fingerprint density at radius 2 is 1.77 bits per heavy atom. The van der Waals surface area contributed by atoms with Crippen molar-refractivity contribution in [2.24, 2.45) is 0 Å². The minimum atomic E-state index is -0.856. The third-order valence-corrected chi connectivity index (χ3v) is 2.67. The van der Waals surface area contributed by atoms with Crippen LogP contribution in [0.4, 0.5) is 0 Å². The molecule has 0 amide bonds. The first-order valence-electron chi connectivity index (χ1n) is 3.87. The topological polar surface area (TPSA) is 40.5 Å². The van der Waals surface area contributed by atoms with Crippen LogP contribution in [0.3, 0.4) is 0 Å². The van der Waals surface area contributed by atoms with Gasteiger partial charge in [-0.05, 0) is 17.7 Å². The van der Waals surface area contributed by atoms with Crippen LogP contribution >= 0.6 is 28.6 Å². The number of aliphatic hydroxyl groups is 2. The van der Waals surface area contributed by atoms with Gasteiger partial charge in [0.1, 0.15) is 6.10 Å². The Labute approximate surface area is 91.1 Å². The zero-order valence-electron chi connectivity index (χ0n) is 6.89. The molecule has 1 aromatic carbocycles. The molecule has 0 bridgehead atoms. The Hall–Kier alpha value is -0.0300. The highest BCUT2D eigenvalue weighted by Crippen LogP contribution is 2.19. The van der Waals surface area contributed by atoms with Gasteiger partial charge in [0.2, 0.25) is 0 Å². The zero-order valence-corrected chi connectivity index (χ0v) is 9.37. The smallest absolute Gasteiger partial charge is 0.106 e. The van der Waals surface area contributed by atoms with Gasteiger partial charge in [0, 0.05) is 10.2 Å². The molecule has 2 N–H and O–H groups in total. The van der Waals surface area contributed by atoms with Crippen molar-refractivity contribution in [2.75, 3.05) is 5.75 Å². The first-order valence-corrected chi connectivity index (χ1v) is 5.30. The fourth-order valence-corrected chi connectivity index (χ4v) is 1.45. The number of hydrogen-bond acceptors (Lipinski definition) is 3. The average Bonchev–Trinajstić information content (AvgIpc) is 2.17. The quantitative estimate of drug-likeness (QED) is 0.727. The van der Waals surface area contributed by atoms with Gasteiger partial charge in [-0.15, -0.1) is 0 Å². The van der Waals surface area contributed by atoms with Crippen LogP contribution in [-0.2, 0) is 0 Å². The van der Waals surface area contributed by atoms with E-state index in [1.54, 1.807) is 12.1 Å². The Morgan fingerprint density at radius 3 is 2.23 bits per heavy atom. The second-order valence-corrected chi connectivity index (χ2v) is 4.03. The molecular formula is C9H11BrO2S. The lowest BCUT2D eigenvalue weighted by atomic mass is 10.1. The van der Waals surface area contributed by atoms with Crippen molar-refractivity contribution in [3.05, 3.63) is 34.3 Å². The van der Waals surface area contributed by atoms with Crippen LogP contribution < -0.4 is 0 Å². The molecule has 1 aromatic rings. The summed E-state index contributed by atoms with van der Waals surface area (Å²) in [4.78, 5) is 0. The lowest BCUT2D eigenvalue weighted by Gasteiger charge is -2.15. The summed E-state index contributed by atoms with van der Waals surface area (Å²) in [5.41, 5.74) is 0.699. The van der Waals surface area contributed by atoms with E-state index in [1.807, 2.05) is 12.1 Å². The second-order valence-electron chi connectivity index (χ2n) is 2.75.